The summed E-state index contributed by atoms with van der Waals surface area (Å²) < 4.78 is 0. The van der Waals surface area contributed by atoms with Crippen LogP contribution in [0.1, 0.15) is 20.3 Å². The lowest BCUT2D eigenvalue weighted by Gasteiger charge is -2.37. The molecule has 0 saturated carbocycles. The van der Waals surface area contributed by atoms with Gasteiger partial charge >= 0.3 is 11.9 Å². The van der Waals surface area contributed by atoms with Gasteiger partial charge in [-0.3, -0.25) is 9.59 Å². The van der Waals surface area contributed by atoms with Crippen molar-refractivity contribution in [1.82, 2.24) is 0 Å². The van der Waals surface area contributed by atoms with Gasteiger partial charge in [0.25, 0.3) is 0 Å². The molecular weight excluding hydrogens is 208 g/mol. The number of rotatable bonds is 4. The second kappa shape index (κ2) is 4.51. The van der Waals surface area contributed by atoms with Gasteiger partial charge in [-0.2, -0.15) is 0 Å². The van der Waals surface area contributed by atoms with E-state index in [0.717, 1.165) is 0 Å². The van der Waals surface area contributed by atoms with Crippen LogP contribution in [-0.4, -0.2) is 22.2 Å². The quantitative estimate of drug-likeness (QED) is 0.765. The highest BCUT2D eigenvalue weighted by Gasteiger charge is 2.50. The van der Waals surface area contributed by atoms with E-state index in [1.54, 1.807) is 19.1 Å². The fraction of sp³-hybridized carbons (Fsp3) is 0.500. The molecule has 0 aromatic rings. The Labute approximate surface area is 94.3 Å². The van der Waals surface area contributed by atoms with Gasteiger partial charge in [0.15, 0.2) is 0 Å². The van der Waals surface area contributed by atoms with Crippen molar-refractivity contribution in [2.45, 2.75) is 20.3 Å². The lowest BCUT2D eigenvalue weighted by molar-refractivity contribution is -0.160. The molecule has 0 spiro atoms. The largest absolute Gasteiger partial charge is 0.481 e. The standard InChI is InChI=1S/C12H16O4/c1-3-8(2)12(11(15)16)7-5-4-6-9(12)10(13)14/h4-9H,3H2,1-2H3,(H,13,14)(H,15,16). The molecule has 0 heterocycles. The zero-order chi connectivity index (χ0) is 12.3. The van der Waals surface area contributed by atoms with E-state index in [-0.39, 0.29) is 5.92 Å². The first-order valence-corrected chi connectivity index (χ1v) is 5.29. The molecule has 0 fully saturated rings. The van der Waals surface area contributed by atoms with Gasteiger partial charge in [-0.1, -0.05) is 44.6 Å². The molecule has 1 aliphatic rings. The van der Waals surface area contributed by atoms with Gasteiger partial charge in [0.2, 0.25) is 0 Å². The zero-order valence-corrected chi connectivity index (χ0v) is 9.38. The van der Waals surface area contributed by atoms with Crippen molar-refractivity contribution in [3.8, 4) is 0 Å². The maximum Gasteiger partial charge on any atom is 0.314 e. The number of allylic oxidation sites excluding steroid dienone is 2. The molecule has 16 heavy (non-hydrogen) atoms. The van der Waals surface area contributed by atoms with Crippen LogP contribution in [0.5, 0.6) is 0 Å². The van der Waals surface area contributed by atoms with Crippen molar-refractivity contribution in [2.75, 3.05) is 0 Å². The Morgan fingerprint density at radius 1 is 1.38 bits per heavy atom. The van der Waals surface area contributed by atoms with Crippen LogP contribution in [0.15, 0.2) is 24.3 Å². The summed E-state index contributed by atoms with van der Waals surface area (Å²) in [5.41, 5.74) is -1.32. The van der Waals surface area contributed by atoms with E-state index in [2.05, 4.69) is 0 Å². The minimum Gasteiger partial charge on any atom is -0.481 e. The minimum absolute atomic E-state index is 0.229. The summed E-state index contributed by atoms with van der Waals surface area (Å²) in [4.78, 5) is 22.6. The molecule has 1 rings (SSSR count). The third-order valence-electron chi connectivity index (χ3n) is 3.37. The van der Waals surface area contributed by atoms with Crippen molar-refractivity contribution in [3.05, 3.63) is 24.3 Å². The summed E-state index contributed by atoms with van der Waals surface area (Å²) in [7, 11) is 0. The van der Waals surface area contributed by atoms with Crippen LogP contribution in [-0.2, 0) is 9.59 Å². The highest BCUT2D eigenvalue weighted by Crippen LogP contribution is 2.42. The second-order valence-electron chi connectivity index (χ2n) is 4.11. The maximum absolute atomic E-state index is 11.4. The minimum atomic E-state index is -1.32. The zero-order valence-electron chi connectivity index (χ0n) is 9.38. The van der Waals surface area contributed by atoms with E-state index < -0.39 is 23.3 Å². The highest BCUT2D eigenvalue weighted by molar-refractivity contribution is 5.87. The van der Waals surface area contributed by atoms with Crippen LogP contribution in [0.3, 0.4) is 0 Å². The molecule has 0 aromatic carbocycles. The number of hydrogen-bond acceptors (Lipinski definition) is 2. The Bertz CT molecular complexity index is 356. The molecule has 0 aliphatic heterocycles. The molecule has 0 radical (unpaired) electrons. The number of carboxylic acid groups (broad SMARTS) is 2. The second-order valence-corrected chi connectivity index (χ2v) is 4.11. The van der Waals surface area contributed by atoms with Crippen molar-refractivity contribution >= 4 is 11.9 Å². The first-order valence-electron chi connectivity index (χ1n) is 5.29. The predicted molar refractivity (Wildman–Crippen MR) is 58.9 cm³/mol. The monoisotopic (exact) mass is 224 g/mol. The molecule has 3 atom stereocenters. The van der Waals surface area contributed by atoms with Crippen molar-refractivity contribution in [1.29, 1.82) is 0 Å². The van der Waals surface area contributed by atoms with E-state index in [0.29, 0.717) is 6.42 Å². The molecule has 1 aliphatic carbocycles. The van der Waals surface area contributed by atoms with Crippen molar-refractivity contribution in [2.24, 2.45) is 17.3 Å². The molecule has 4 heteroatoms. The van der Waals surface area contributed by atoms with E-state index in [1.165, 1.54) is 12.2 Å². The SMILES string of the molecule is CCC(C)C1(C(=O)O)C=CC=CC1C(=O)O. The van der Waals surface area contributed by atoms with E-state index in [9.17, 15) is 14.7 Å². The van der Waals surface area contributed by atoms with Crippen LogP contribution in [0, 0.1) is 17.3 Å². The lowest BCUT2D eigenvalue weighted by atomic mass is 9.64. The first kappa shape index (κ1) is 12.5. The van der Waals surface area contributed by atoms with E-state index >= 15 is 0 Å². The molecule has 88 valence electrons. The van der Waals surface area contributed by atoms with Crippen LogP contribution in [0.4, 0.5) is 0 Å². The Hall–Kier alpha value is -1.58. The number of hydrogen-bond donors (Lipinski definition) is 2. The predicted octanol–water partition coefficient (Wildman–Crippen LogP) is 1.93. The van der Waals surface area contributed by atoms with Gasteiger partial charge in [-0.05, 0) is 5.92 Å². The summed E-state index contributed by atoms with van der Waals surface area (Å²) in [5.74, 6) is -3.39. The molecular formula is C12H16O4. The molecule has 4 nitrogen and oxygen atoms in total. The van der Waals surface area contributed by atoms with Gasteiger partial charge in [0.05, 0.1) is 5.92 Å². The molecule has 0 bridgehead atoms. The maximum atomic E-state index is 11.4. The van der Waals surface area contributed by atoms with Crippen LogP contribution in [0.25, 0.3) is 0 Å². The van der Waals surface area contributed by atoms with Crippen molar-refractivity contribution in [3.63, 3.8) is 0 Å². The Morgan fingerprint density at radius 2 is 2.00 bits per heavy atom. The fourth-order valence-electron chi connectivity index (χ4n) is 2.16. The van der Waals surface area contributed by atoms with Crippen LogP contribution >= 0.6 is 0 Å². The molecule has 2 N–H and O–H groups in total. The molecule has 3 unspecified atom stereocenters. The summed E-state index contributed by atoms with van der Waals surface area (Å²) in [6.07, 6.45) is 6.77. The van der Waals surface area contributed by atoms with E-state index in [1.807, 2.05) is 6.92 Å². The third kappa shape index (κ3) is 1.75. The number of aliphatic carboxylic acids is 2. The summed E-state index contributed by atoms with van der Waals surface area (Å²) in [5, 5.41) is 18.5. The number of carbonyl (C=O) groups is 2. The number of carboxylic acids is 2. The van der Waals surface area contributed by atoms with Gasteiger partial charge in [0, 0.05) is 0 Å². The third-order valence-corrected chi connectivity index (χ3v) is 3.37. The smallest absolute Gasteiger partial charge is 0.314 e. The Kier molecular flexibility index (Phi) is 3.52. The van der Waals surface area contributed by atoms with Gasteiger partial charge in [-0.25, -0.2) is 0 Å². The van der Waals surface area contributed by atoms with Gasteiger partial charge in [0.1, 0.15) is 5.41 Å². The average Bonchev–Trinajstić information content (AvgIpc) is 2.27. The lowest BCUT2D eigenvalue weighted by Crippen LogP contribution is -2.45. The van der Waals surface area contributed by atoms with Crippen LogP contribution < -0.4 is 0 Å². The molecule has 0 amide bonds. The van der Waals surface area contributed by atoms with Gasteiger partial charge in [-0.15, -0.1) is 0 Å². The fourth-order valence-corrected chi connectivity index (χ4v) is 2.16. The van der Waals surface area contributed by atoms with Crippen molar-refractivity contribution < 1.29 is 19.8 Å². The summed E-state index contributed by atoms with van der Waals surface area (Å²) in [6, 6.07) is 0. The summed E-state index contributed by atoms with van der Waals surface area (Å²) >= 11 is 0. The Balaban J connectivity index is 3.26. The molecule has 0 saturated heterocycles. The van der Waals surface area contributed by atoms with Crippen LogP contribution in [0.2, 0.25) is 0 Å². The summed E-state index contributed by atoms with van der Waals surface area (Å²) in [6.45, 7) is 3.63. The first-order chi connectivity index (χ1) is 7.46. The topological polar surface area (TPSA) is 74.6 Å². The highest BCUT2D eigenvalue weighted by atomic mass is 16.4. The Morgan fingerprint density at radius 3 is 2.44 bits per heavy atom. The average molecular weight is 224 g/mol. The van der Waals surface area contributed by atoms with E-state index in [4.69, 9.17) is 5.11 Å². The molecule has 0 aromatic heterocycles. The van der Waals surface area contributed by atoms with Gasteiger partial charge < -0.3 is 10.2 Å². The normalized spacial score (nSPS) is 30.0.